The molecule has 0 radical (unpaired) electrons. The van der Waals surface area contributed by atoms with Crippen LogP contribution in [0.15, 0.2) is 23.4 Å². The summed E-state index contributed by atoms with van der Waals surface area (Å²) in [6.45, 7) is 1.85. The molecule has 0 aliphatic heterocycles. The first-order chi connectivity index (χ1) is 9.37. The van der Waals surface area contributed by atoms with E-state index in [0.717, 1.165) is 6.08 Å². The predicted molar refractivity (Wildman–Crippen MR) is 73.8 cm³/mol. The Labute approximate surface area is 119 Å². The lowest BCUT2D eigenvalue weighted by Gasteiger charge is -2.12. The van der Waals surface area contributed by atoms with Crippen LogP contribution in [0.1, 0.15) is 19.8 Å². The Morgan fingerprint density at radius 1 is 1.00 bits per heavy atom. The number of allylic oxidation sites excluding steroid dienone is 1. The molecule has 0 amide bonds. The van der Waals surface area contributed by atoms with E-state index in [1.807, 2.05) is 6.92 Å². The van der Waals surface area contributed by atoms with E-state index < -0.39 is 11.9 Å². The summed E-state index contributed by atoms with van der Waals surface area (Å²) in [5.41, 5.74) is -0.125. The van der Waals surface area contributed by atoms with Crippen molar-refractivity contribution in [3.8, 4) is 0 Å². The van der Waals surface area contributed by atoms with E-state index in [1.165, 1.54) is 20.4 Å². The number of carbonyl (C=O) groups is 3. The number of esters is 2. The summed E-state index contributed by atoms with van der Waals surface area (Å²) in [4.78, 5) is 36.8. The second kappa shape index (κ2) is 8.90. The lowest BCUT2D eigenvalue weighted by molar-refractivity contribution is -0.139. The Morgan fingerprint density at radius 2 is 1.50 bits per heavy atom. The summed E-state index contributed by atoms with van der Waals surface area (Å²) < 4.78 is 9.26. The SMILES string of the molecule is CCCC(=O)/C=C(C(=O)OC)\C(=C/N(C)C)C(=O)OC. The van der Waals surface area contributed by atoms with Crippen molar-refractivity contribution in [1.82, 2.24) is 4.90 Å². The van der Waals surface area contributed by atoms with Gasteiger partial charge >= 0.3 is 11.9 Å². The first-order valence-electron chi connectivity index (χ1n) is 6.17. The van der Waals surface area contributed by atoms with Crippen molar-refractivity contribution < 1.29 is 23.9 Å². The number of nitrogens with zero attached hydrogens (tertiary/aromatic N) is 1. The van der Waals surface area contributed by atoms with Crippen LogP contribution in [-0.2, 0) is 23.9 Å². The molecular formula is C14H21NO5. The topological polar surface area (TPSA) is 72.9 Å². The van der Waals surface area contributed by atoms with Crippen molar-refractivity contribution in [3.63, 3.8) is 0 Å². The van der Waals surface area contributed by atoms with Crippen LogP contribution in [0.25, 0.3) is 0 Å². The third-order valence-corrected chi connectivity index (χ3v) is 2.29. The summed E-state index contributed by atoms with van der Waals surface area (Å²) >= 11 is 0. The maximum absolute atomic E-state index is 11.8. The highest BCUT2D eigenvalue weighted by Gasteiger charge is 2.23. The molecule has 0 aromatic heterocycles. The molecule has 112 valence electrons. The van der Waals surface area contributed by atoms with Crippen molar-refractivity contribution in [3.05, 3.63) is 23.4 Å². The fourth-order valence-electron chi connectivity index (χ4n) is 1.44. The van der Waals surface area contributed by atoms with E-state index >= 15 is 0 Å². The minimum absolute atomic E-state index is 0.0196. The first-order valence-corrected chi connectivity index (χ1v) is 6.17. The third-order valence-electron chi connectivity index (χ3n) is 2.29. The van der Waals surface area contributed by atoms with E-state index in [0.29, 0.717) is 6.42 Å². The molecule has 0 aliphatic carbocycles. The molecule has 6 nitrogen and oxygen atoms in total. The Morgan fingerprint density at radius 3 is 1.90 bits per heavy atom. The van der Waals surface area contributed by atoms with Crippen LogP contribution in [0.4, 0.5) is 0 Å². The Bertz CT molecular complexity index is 435. The van der Waals surface area contributed by atoms with E-state index in [-0.39, 0.29) is 23.4 Å². The Hall–Kier alpha value is -2.11. The zero-order chi connectivity index (χ0) is 15.7. The average molecular weight is 283 g/mol. The first kappa shape index (κ1) is 17.9. The molecule has 0 fully saturated rings. The molecule has 0 spiro atoms. The smallest absolute Gasteiger partial charge is 0.340 e. The molecule has 0 unspecified atom stereocenters. The van der Waals surface area contributed by atoms with Gasteiger partial charge in [0, 0.05) is 26.7 Å². The monoisotopic (exact) mass is 283 g/mol. The zero-order valence-electron chi connectivity index (χ0n) is 12.6. The quantitative estimate of drug-likeness (QED) is 0.395. The van der Waals surface area contributed by atoms with Crippen molar-refractivity contribution in [1.29, 1.82) is 0 Å². The fraction of sp³-hybridized carbons (Fsp3) is 0.500. The molecule has 0 saturated heterocycles. The highest BCUT2D eigenvalue weighted by molar-refractivity contribution is 6.10. The van der Waals surface area contributed by atoms with Crippen LogP contribution in [0, 0.1) is 0 Å². The van der Waals surface area contributed by atoms with Crippen LogP contribution in [0.2, 0.25) is 0 Å². The third kappa shape index (κ3) is 5.69. The minimum Gasteiger partial charge on any atom is -0.465 e. The Balaban J connectivity index is 5.73. The van der Waals surface area contributed by atoms with E-state index in [1.54, 1.807) is 19.0 Å². The van der Waals surface area contributed by atoms with Crippen LogP contribution in [-0.4, -0.2) is 50.9 Å². The van der Waals surface area contributed by atoms with Gasteiger partial charge in [-0.05, 0) is 12.5 Å². The van der Waals surface area contributed by atoms with Gasteiger partial charge in [0.15, 0.2) is 5.78 Å². The van der Waals surface area contributed by atoms with Crippen LogP contribution in [0.3, 0.4) is 0 Å². The largest absolute Gasteiger partial charge is 0.465 e. The number of rotatable bonds is 7. The maximum atomic E-state index is 11.8. The van der Waals surface area contributed by atoms with Crippen molar-refractivity contribution in [2.75, 3.05) is 28.3 Å². The highest BCUT2D eigenvalue weighted by Crippen LogP contribution is 2.15. The number of carbonyl (C=O) groups excluding carboxylic acids is 3. The van der Waals surface area contributed by atoms with Crippen LogP contribution < -0.4 is 0 Å². The van der Waals surface area contributed by atoms with Crippen LogP contribution in [0.5, 0.6) is 0 Å². The summed E-state index contributed by atoms with van der Waals surface area (Å²) in [7, 11) is 5.76. The average Bonchev–Trinajstić information content (AvgIpc) is 2.40. The number of hydrogen-bond donors (Lipinski definition) is 0. The number of methoxy groups -OCH3 is 2. The molecule has 0 aliphatic rings. The molecule has 0 bridgehead atoms. The maximum Gasteiger partial charge on any atom is 0.340 e. The number of ether oxygens (including phenoxy) is 2. The lowest BCUT2D eigenvalue weighted by atomic mass is 10.0. The molecule has 0 aromatic carbocycles. The van der Waals surface area contributed by atoms with Gasteiger partial charge in [0.2, 0.25) is 0 Å². The van der Waals surface area contributed by atoms with Crippen molar-refractivity contribution in [2.45, 2.75) is 19.8 Å². The van der Waals surface area contributed by atoms with Gasteiger partial charge in [-0.2, -0.15) is 0 Å². The molecule has 0 aromatic rings. The van der Waals surface area contributed by atoms with Gasteiger partial charge < -0.3 is 14.4 Å². The number of ketones is 1. The normalized spacial score (nSPS) is 11.8. The van der Waals surface area contributed by atoms with Gasteiger partial charge in [0.25, 0.3) is 0 Å². The molecule has 6 heteroatoms. The second-order valence-corrected chi connectivity index (χ2v) is 4.26. The van der Waals surface area contributed by atoms with Gasteiger partial charge in [0.05, 0.1) is 25.4 Å². The molecule has 0 N–H and O–H groups in total. The molecule has 0 heterocycles. The predicted octanol–water partition coefficient (Wildman–Crippen LogP) is 1.07. The van der Waals surface area contributed by atoms with Gasteiger partial charge in [-0.15, -0.1) is 0 Å². The zero-order valence-corrected chi connectivity index (χ0v) is 12.6. The summed E-state index contributed by atoms with van der Waals surface area (Å²) in [5, 5.41) is 0. The molecule has 0 saturated carbocycles. The van der Waals surface area contributed by atoms with Gasteiger partial charge in [-0.25, -0.2) is 9.59 Å². The molecular weight excluding hydrogens is 262 g/mol. The van der Waals surface area contributed by atoms with E-state index in [4.69, 9.17) is 0 Å². The van der Waals surface area contributed by atoms with Gasteiger partial charge in [0.1, 0.15) is 0 Å². The Kier molecular flexibility index (Phi) is 7.96. The minimum atomic E-state index is -0.757. The summed E-state index contributed by atoms with van der Waals surface area (Å²) in [6.07, 6.45) is 3.47. The fourth-order valence-corrected chi connectivity index (χ4v) is 1.44. The molecule has 0 atom stereocenters. The summed E-state index contributed by atoms with van der Waals surface area (Å²) in [6, 6.07) is 0. The van der Waals surface area contributed by atoms with Gasteiger partial charge in [-0.3, -0.25) is 4.79 Å². The second-order valence-electron chi connectivity index (χ2n) is 4.26. The van der Waals surface area contributed by atoms with Crippen molar-refractivity contribution >= 4 is 17.7 Å². The van der Waals surface area contributed by atoms with Crippen LogP contribution >= 0.6 is 0 Å². The standard InChI is InChI=1S/C14H21NO5/c1-6-7-10(16)8-11(13(17)19-4)12(9-15(2)3)14(18)20-5/h8-9H,6-7H2,1-5H3/b11-8+,12-9+. The highest BCUT2D eigenvalue weighted by atomic mass is 16.5. The van der Waals surface area contributed by atoms with Gasteiger partial charge in [-0.1, -0.05) is 6.92 Å². The van der Waals surface area contributed by atoms with E-state index in [2.05, 4.69) is 9.47 Å². The number of hydrogen-bond acceptors (Lipinski definition) is 6. The lowest BCUT2D eigenvalue weighted by Crippen LogP contribution is -2.19. The molecule has 20 heavy (non-hydrogen) atoms. The molecule has 0 rings (SSSR count). The summed E-state index contributed by atoms with van der Waals surface area (Å²) in [5.74, 6) is -1.71. The van der Waals surface area contributed by atoms with E-state index in [9.17, 15) is 14.4 Å². The van der Waals surface area contributed by atoms with Crippen molar-refractivity contribution in [2.24, 2.45) is 0 Å².